The molecule has 3 unspecified atom stereocenters. The van der Waals surface area contributed by atoms with Crippen molar-refractivity contribution in [2.45, 2.75) is 76.9 Å². The zero-order valence-electron chi connectivity index (χ0n) is 18.3. The summed E-state index contributed by atoms with van der Waals surface area (Å²) in [5, 5.41) is 3.23. The number of piperidine rings is 1. The molecule has 1 spiro atoms. The molecule has 0 aromatic heterocycles. The van der Waals surface area contributed by atoms with Gasteiger partial charge in [0.15, 0.2) is 0 Å². The molecule has 7 heteroatoms. The Balaban J connectivity index is 1.91. The maximum absolute atomic E-state index is 13.5. The van der Waals surface area contributed by atoms with Gasteiger partial charge in [0.1, 0.15) is 0 Å². The number of sulfonamides is 1. The highest BCUT2D eigenvalue weighted by Gasteiger charge is 2.55. The summed E-state index contributed by atoms with van der Waals surface area (Å²) in [6.45, 7) is 10.6. The number of benzene rings is 1. The van der Waals surface area contributed by atoms with E-state index in [1.807, 2.05) is 23.1 Å². The van der Waals surface area contributed by atoms with E-state index in [-0.39, 0.29) is 23.9 Å². The molecule has 1 aromatic rings. The van der Waals surface area contributed by atoms with Gasteiger partial charge in [0, 0.05) is 13.1 Å². The van der Waals surface area contributed by atoms with E-state index in [4.69, 9.17) is 0 Å². The Bertz CT molecular complexity index is 817. The topological polar surface area (TPSA) is 69.7 Å². The molecular weight excluding hydrogens is 386 g/mol. The van der Waals surface area contributed by atoms with E-state index < -0.39 is 20.9 Å². The Morgan fingerprint density at radius 2 is 1.69 bits per heavy atom. The average Bonchev–Trinajstić information content (AvgIpc) is 2.99. The standard InChI is InChI=1S/C22H35N3O3S/c1-6-17(4)20-21(26)25(18(5)19-10-8-7-9-11-19)22(23-20)12-14-24(15-13-22)29(27,28)16(2)3/h7-11,16-18,20,23H,6,12-15H2,1-5H3. The van der Waals surface area contributed by atoms with Crippen molar-refractivity contribution in [1.82, 2.24) is 14.5 Å². The summed E-state index contributed by atoms with van der Waals surface area (Å²) in [4.78, 5) is 15.5. The Morgan fingerprint density at radius 3 is 2.21 bits per heavy atom. The molecule has 3 atom stereocenters. The Morgan fingerprint density at radius 1 is 1.10 bits per heavy atom. The normalized spacial score (nSPS) is 25.0. The van der Waals surface area contributed by atoms with Gasteiger partial charge in [-0.15, -0.1) is 0 Å². The van der Waals surface area contributed by atoms with Crippen molar-refractivity contribution in [3.8, 4) is 0 Å². The van der Waals surface area contributed by atoms with E-state index in [1.54, 1.807) is 18.2 Å². The van der Waals surface area contributed by atoms with Gasteiger partial charge in [0.2, 0.25) is 15.9 Å². The quantitative estimate of drug-likeness (QED) is 0.766. The molecule has 3 rings (SSSR count). The van der Waals surface area contributed by atoms with Gasteiger partial charge in [-0.3, -0.25) is 10.1 Å². The molecule has 0 bridgehead atoms. The second kappa shape index (κ2) is 8.36. The predicted octanol–water partition coefficient (Wildman–Crippen LogP) is 3.12. The summed E-state index contributed by atoms with van der Waals surface area (Å²) in [6.07, 6.45) is 2.13. The molecule has 29 heavy (non-hydrogen) atoms. The zero-order chi connectivity index (χ0) is 21.4. The van der Waals surface area contributed by atoms with Crippen LogP contribution in [-0.4, -0.2) is 53.6 Å². The number of carbonyl (C=O) groups excluding carboxylic acids is 1. The lowest BCUT2D eigenvalue weighted by Gasteiger charge is -2.46. The summed E-state index contributed by atoms with van der Waals surface area (Å²) in [6, 6.07) is 9.79. The van der Waals surface area contributed by atoms with Crippen LogP contribution in [0.4, 0.5) is 0 Å². The lowest BCUT2D eigenvalue weighted by atomic mass is 9.94. The van der Waals surface area contributed by atoms with Crippen LogP contribution in [0.1, 0.15) is 65.5 Å². The van der Waals surface area contributed by atoms with Gasteiger partial charge in [-0.1, -0.05) is 50.6 Å². The van der Waals surface area contributed by atoms with Gasteiger partial charge in [0.25, 0.3) is 0 Å². The number of nitrogens with one attached hydrogen (secondary N) is 1. The van der Waals surface area contributed by atoms with Crippen molar-refractivity contribution >= 4 is 15.9 Å². The minimum Gasteiger partial charge on any atom is -0.316 e. The highest BCUT2D eigenvalue weighted by molar-refractivity contribution is 7.89. The van der Waals surface area contributed by atoms with Gasteiger partial charge in [-0.25, -0.2) is 12.7 Å². The minimum atomic E-state index is -3.28. The van der Waals surface area contributed by atoms with Crippen molar-refractivity contribution < 1.29 is 13.2 Å². The molecule has 1 amide bonds. The van der Waals surface area contributed by atoms with Crippen LogP contribution >= 0.6 is 0 Å². The van der Waals surface area contributed by atoms with Gasteiger partial charge in [0.05, 0.1) is 23.0 Å². The van der Waals surface area contributed by atoms with Crippen LogP contribution in [0.3, 0.4) is 0 Å². The van der Waals surface area contributed by atoms with Crippen LogP contribution in [0.15, 0.2) is 30.3 Å². The molecule has 2 aliphatic heterocycles. The monoisotopic (exact) mass is 421 g/mol. The number of hydrogen-bond donors (Lipinski definition) is 1. The number of amides is 1. The van der Waals surface area contributed by atoms with Crippen molar-refractivity contribution in [2.24, 2.45) is 5.92 Å². The molecule has 2 saturated heterocycles. The maximum atomic E-state index is 13.5. The number of hydrogen-bond acceptors (Lipinski definition) is 4. The molecule has 162 valence electrons. The van der Waals surface area contributed by atoms with E-state index in [9.17, 15) is 13.2 Å². The van der Waals surface area contributed by atoms with Gasteiger partial charge < -0.3 is 4.90 Å². The Labute approximate surface area is 175 Å². The van der Waals surface area contributed by atoms with Crippen LogP contribution in [-0.2, 0) is 14.8 Å². The Hall–Kier alpha value is -1.44. The van der Waals surface area contributed by atoms with E-state index in [1.165, 1.54) is 0 Å². The molecular formula is C22H35N3O3S. The van der Waals surface area contributed by atoms with E-state index in [0.717, 1.165) is 12.0 Å². The number of carbonyl (C=O) groups is 1. The molecule has 1 N–H and O–H groups in total. The van der Waals surface area contributed by atoms with E-state index in [2.05, 4.69) is 38.2 Å². The molecule has 1 aromatic carbocycles. The van der Waals surface area contributed by atoms with E-state index in [0.29, 0.717) is 25.9 Å². The first-order valence-corrected chi connectivity index (χ1v) is 12.3. The van der Waals surface area contributed by atoms with Gasteiger partial charge in [-0.05, 0) is 45.1 Å². The summed E-state index contributed by atoms with van der Waals surface area (Å²) in [5.74, 6) is 0.362. The molecule has 0 saturated carbocycles. The summed E-state index contributed by atoms with van der Waals surface area (Å²) >= 11 is 0. The van der Waals surface area contributed by atoms with Crippen LogP contribution in [0.2, 0.25) is 0 Å². The summed E-state index contributed by atoms with van der Waals surface area (Å²) in [5.41, 5.74) is 0.604. The highest BCUT2D eigenvalue weighted by Crippen LogP contribution is 2.41. The highest BCUT2D eigenvalue weighted by atomic mass is 32.2. The van der Waals surface area contributed by atoms with Crippen LogP contribution in [0, 0.1) is 5.92 Å². The molecule has 0 radical (unpaired) electrons. The average molecular weight is 422 g/mol. The fourth-order valence-electron chi connectivity index (χ4n) is 4.64. The summed E-state index contributed by atoms with van der Waals surface area (Å²) in [7, 11) is -3.28. The molecule has 2 aliphatic rings. The molecule has 0 aliphatic carbocycles. The van der Waals surface area contributed by atoms with Crippen molar-refractivity contribution in [3.63, 3.8) is 0 Å². The predicted molar refractivity (Wildman–Crippen MR) is 116 cm³/mol. The largest absolute Gasteiger partial charge is 0.316 e. The maximum Gasteiger partial charge on any atom is 0.242 e. The SMILES string of the molecule is CCC(C)C1NC2(CCN(S(=O)(=O)C(C)C)CC2)N(C(C)c2ccccc2)C1=O. The number of nitrogens with zero attached hydrogens (tertiary/aromatic N) is 2. The second-order valence-corrected chi connectivity index (χ2v) is 11.3. The Kier molecular flexibility index (Phi) is 6.41. The third-order valence-corrected chi connectivity index (χ3v) is 9.05. The smallest absolute Gasteiger partial charge is 0.242 e. The van der Waals surface area contributed by atoms with Crippen LogP contribution in [0.5, 0.6) is 0 Å². The summed E-state index contributed by atoms with van der Waals surface area (Å²) < 4.78 is 26.9. The second-order valence-electron chi connectivity index (χ2n) is 8.83. The third-order valence-electron chi connectivity index (χ3n) is 6.78. The van der Waals surface area contributed by atoms with Crippen LogP contribution in [0.25, 0.3) is 0 Å². The zero-order valence-corrected chi connectivity index (χ0v) is 19.1. The fraction of sp³-hybridized carbons (Fsp3) is 0.682. The third kappa shape index (κ3) is 3.97. The van der Waals surface area contributed by atoms with E-state index >= 15 is 0 Å². The number of rotatable bonds is 6. The first kappa shape index (κ1) is 22.2. The van der Waals surface area contributed by atoms with Crippen LogP contribution < -0.4 is 5.32 Å². The van der Waals surface area contributed by atoms with Crippen molar-refractivity contribution in [3.05, 3.63) is 35.9 Å². The molecule has 2 heterocycles. The first-order valence-electron chi connectivity index (χ1n) is 10.8. The first-order chi connectivity index (χ1) is 13.6. The van der Waals surface area contributed by atoms with Gasteiger partial charge in [-0.2, -0.15) is 0 Å². The van der Waals surface area contributed by atoms with Crippen molar-refractivity contribution in [1.29, 1.82) is 0 Å². The lowest BCUT2D eigenvalue weighted by molar-refractivity contribution is -0.136. The lowest BCUT2D eigenvalue weighted by Crippen LogP contribution is -2.60. The van der Waals surface area contributed by atoms with Crippen molar-refractivity contribution in [2.75, 3.05) is 13.1 Å². The minimum absolute atomic E-state index is 0.0708. The molecule has 6 nitrogen and oxygen atoms in total. The fourth-order valence-corrected chi connectivity index (χ4v) is 5.93. The molecule has 2 fully saturated rings. The van der Waals surface area contributed by atoms with Gasteiger partial charge >= 0.3 is 0 Å².